The van der Waals surface area contributed by atoms with E-state index >= 15 is 0 Å². The average Bonchev–Trinajstić information content (AvgIpc) is 3.40. The Labute approximate surface area is 214 Å². The molecule has 1 aromatic heterocycles. The van der Waals surface area contributed by atoms with Gasteiger partial charge in [0.05, 0.1) is 0 Å². The largest absolute Gasteiger partial charge is 0.487 e. The Balaban J connectivity index is 1.75. The van der Waals surface area contributed by atoms with Crippen LogP contribution in [0.4, 0.5) is 4.79 Å². The molecule has 0 aliphatic carbocycles. The van der Waals surface area contributed by atoms with Gasteiger partial charge in [-0.25, -0.2) is 4.79 Å². The van der Waals surface area contributed by atoms with Gasteiger partial charge in [0.15, 0.2) is 0 Å². The predicted molar refractivity (Wildman–Crippen MR) is 140 cm³/mol. The van der Waals surface area contributed by atoms with E-state index in [4.69, 9.17) is 4.74 Å². The van der Waals surface area contributed by atoms with E-state index in [9.17, 15) is 18.0 Å². The van der Waals surface area contributed by atoms with Crippen LogP contribution in [-0.4, -0.2) is 37.7 Å². The van der Waals surface area contributed by atoms with Crippen molar-refractivity contribution in [2.75, 3.05) is 13.6 Å². The number of thiophene rings is 1. The van der Waals surface area contributed by atoms with Crippen LogP contribution in [0, 0.1) is 0 Å². The van der Waals surface area contributed by atoms with Crippen molar-refractivity contribution in [3.8, 4) is 5.75 Å². The van der Waals surface area contributed by atoms with Crippen LogP contribution < -0.4 is 15.4 Å². The zero-order chi connectivity index (χ0) is 25.3. The van der Waals surface area contributed by atoms with E-state index in [1.807, 2.05) is 47.8 Å². The number of hydrogen-bond donors (Lipinski definition) is 3. The SMILES string of the molecule is CNC(=O)N(S)S(=O)(=O)c1cc(CCNC(=O)/C=C/c2cccs2)ccc1OCc1ccccc1. The maximum Gasteiger partial charge on any atom is 0.341 e. The third kappa shape index (κ3) is 7.35. The highest BCUT2D eigenvalue weighted by Crippen LogP contribution is 2.30. The summed E-state index contributed by atoms with van der Waals surface area (Å²) in [6.45, 7) is 0.430. The van der Waals surface area contributed by atoms with Gasteiger partial charge in [-0.05, 0) is 60.0 Å². The number of sulfonamides is 1. The smallest absolute Gasteiger partial charge is 0.341 e. The van der Waals surface area contributed by atoms with E-state index in [1.54, 1.807) is 12.1 Å². The molecule has 0 saturated carbocycles. The van der Waals surface area contributed by atoms with Crippen molar-refractivity contribution in [2.24, 2.45) is 0 Å². The summed E-state index contributed by atoms with van der Waals surface area (Å²) in [5, 5.41) is 6.93. The molecular weight excluding hydrogens is 506 g/mol. The number of thiol groups is 1. The number of nitrogens with one attached hydrogen (secondary N) is 2. The first kappa shape index (κ1) is 26.3. The monoisotopic (exact) mass is 531 g/mol. The molecule has 0 saturated heterocycles. The minimum atomic E-state index is -4.32. The van der Waals surface area contributed by atoms with E-state index < -0.39 is 16.1 Å². The van der Waals surface area contributed by atoms with Gasteiger partial charge in [-0.2, -0.15) is 12.1 Å². The molecule has 0 fully saturated rings. The van der Waals surface area contributed by atoms with E-state index in [0.29, 0.717) is 15.7 Å². The Kier molecular flexibility index (Phi) is 9.35. The van der Waals surface area contributed by atoms with E-state index in [-0.39, 0.29) is 29.7 Å². The van der Waals surface area contributed by atoms with Gasteiger partial charge in [-0.3, -0.25) is 4.79 Å². The first-order valence-corrected chi connectivity index (χ1v) is 13.3. The molecule has 35 heavy (non-hydrogen) atoms. The van der Waals surface area contributed by atoms with Crippen LogP contribution in [0.3, 0.4) is 0 Å². The summed E-state index contributed by atoms with van der Waals surface area (Å²) in [6, 6.07) is 16.9. The fraction of sp³-hybridized carbons (Fsp3) is 0.167. The molecule has 8 nitrogen and oxygen atoms in total. The minimum absolute atomic E-state index is 0.0865. The van der Waals surface area contributed by atoms with Gasteiger partial charge < -0.3 is 15.4 Å². The Morgan fingerprint density at radius 3 is 2.54 bits per heavy atom. The maximum atomic E-state index is 13.1. The minimum Gasteiger partial charge on any atom is -0.487 e. The number of rotatable bonds is 10. The molecule has 2 N–H and O–H groups in total. The molecule has 0 atom stereocenters. The molecule has 2 aromatic carbocycles. The topological polar surface area (TPSA) is 105 Å². The van der Waals surface area contributed by atoms with Crippen LogP contribution in [0.25, 0.3) is 6.08 Å². The van der Waals surface area contributed by atoms with Crippen molar-refractivity contribution in [3.05, 3.63) is 88.1 Å². The lowest BCUT2D eigenvalue weighted by atomic mass is 10.1. The van der Waals surface area contributed by atoms with Gasteiger partial charge in [-0.15, -0.1) is 11.3 Å². The summed E-state index contributed by atoms with van der Waals surface area (Å²) >= 11 is 5.40. The second-order valence-electron chi connectivity index (χ2n) is 7.25. The molecule has 1 heterocycles. The molecule has 3 rings (SSSR count). The quantitative estimate of drug-likeness (QED) is 0.272. The summed E-state index contributed by atoms with van der Waals surface area (Å²) in [5.74, 6) is -0.168. The highest BCUT2D eigenvalue weighted by molar-refractivity contribution is 8.00. The van der Waals surface area contributed by atoms with Crippen molar-refractivity contribution < 1.29 is 22.7 Å². The van der Waals surface area contributed by atoms with Crippen LogP contribution in [0.5, 0.6) is 5.75 Å². The molecule has 184 valence electrons. The third-order valence-corrected chi connectivity index (χ3v) is 7.95. The molecular formula is C24H25N3O5S3. The van der Waals surface area contributed by atoms with Crippen molar-refractivity contribution in [1.29, 1.82) is 0 Å². The van der Waals surface area contributed by atoms with Crippen molar-refractivity contribution in [2.45, 2.75) is 17.9 Å². The van der Waals surface area contributed by atoms with E-state index in [1.165, 1.54) is 36.6 Å². The predicted octanol–water partition coefficient (Wildman–Crippen LogP) is 3.87. The van der Waals surface area contributed by atoms with E-state index in [0.717, 1.165) is 10.4 Å². The summed E-state index contributed by atoms with van der Waals surface area (Å²) in [7, 11) is -3.01. The van der Waals surface area contributed by atoms with Crippen LogP contribution in [0.2, 0.25) is 0 Å². The van der Waals surface area contributed by atoms with Crippen molar-refractivity contribution in [3.63, 3.8) is 0 Å². The van der Waals surface area contributed by atoms with Gasteiger partial charge in [-0.1, -0.05) is 42.5 Å². The number of hydrogen-bond acceptors (Lipinski definition) is 7. The van der Waals surface area contributed by atoms with Gasteiger partial charge in [0.1, 0.15) is 17.3 Å². The van der Waals surface area contributed by atoms with Crippen LogP contribution in [-0.2, 0) is 27.8 Å². The Morgan fingerprint density at radius 1 is 1.09 bits per heavy atom. The van der Waals surface area contributed by atoms with Crippen LogP contribution in [0.1, 0.15) is 16.0 Å². The summed E-state index contributed by atoms with van der Waals surface area (Å²) in [5.41, 5.74) is 1.49. The van der Waals surface area contributed by atoms with Crippen LogP contribution in [0.15, 0.2) is 77.0 Å². The molecule has 0 aliphatic heterocycles. The van der Waals surface area contributed by atoms with Crippen molar-refractivity contribution >= 4 is 52.2 Å². The molecule has 11 heteroatoms. The number of ether oxygens (including phenoxy) is 1. The van der Waals surface area contributed by atoms with E-state index in [2.05, 4.69) is 23.4 Å². The highest BCUT2D eigenvalue weighted by Gasteiger charge is 2.30. The molecule has 0 bridgehead atoms. The average molecular weight is 532 g/mol. The molecule has 0 aliphatic rings. The summed E-state index contributed by atoms with van der Waals surface area (Å²) in [6.07, 6.45) is 3.54. The number of nitrogens with zero attached hydrogens (tertiary/aromatic N) is 1. The maximum absolute atomic E-state index is 13.1. The fourth-order valence-electron chi connectivity index (χ4n) is 2.99. The first-order valence-electron chi connectivity index (χ1n) is 10.6. The lowest BCUT2D eigenvalue weighted by Gasteiger charge is -2.19. The Bertz CT molecular complexity index is 1280. The summed E-state index contributed by atoms with van der Waals surface area (Å²) < 4.78 is 32.4. The Morgan fingerprint density at radius 2 is 1.86 bits per heavy atom. The number of carbonyl (C=O) groups excluding carboxylic acids is 2. The van der Waals surface area contributed by atoms with Gasteiger partial charge in [0.25, 0.3) is 10.0 Å². The lowest BCUT2D eigenvalue weighted by molar-refractivity contribution is -0.116. The van der Waals surface area contributed by atoms with Gasteiger partial charge >= 0.3 is 6.03 Å². The van der Waals surface area contributed by atoms with Crippen molar-refractivity contribution in [1.82, 2.24) is 14.3 Å². The summed E-state index contributed by atoms with van der Waals surface area (Å²) in [4.78, 5) is 24.8. The standard InChI is InChI=1S/C24H25N3O5S3/c1-25-24(29)27(33)35(30,31)22-16-18(9-11-21(22)32-17-19-6-3-2-4-7-19)13-14-26-23(28)12-10-20-8-5-15-34-20/h2-12,15-16,33H,13-14,17H2,1H3,(H,25,29)(H,26,28)/b12-10+. The molecule has 0 radical (unpaired) electrons. The second kappa shape index (κ2) is 12.4. The highest BCUT2D eigenvalue weighted by atomic mass is 32.3. The zero-order valence-corrected chi connectivity index (χ0v) is 21.4. The Hall–Kier alpha value is -3.28. The molecule has 0 spiro atoms. The first-order chi connectivity index (χ1) is 16.8. The molecule has 3 aromatic rings. The second-order valence-corrected chi connectivity index (χ2v) is 10.7. The van der Waals surface area contributed by atoms with Gasteiger partial charge in [0, 0.05) is 24.5 Å². The molecule has 3 amide bonds. The number of amides is 3. The zero-order valence-electron chi connectivity index (χ0n) is 18.9. The fourth-order valence-corrected chi connectivity index (χ4v) is 5.15. The third-order valence-electron chi connectivity index (χ3n) is 4.79. The van der Waals surface area contributed by atoms with Gasteiger partial charge in [0.2, 0.25) is 5.91 Å². The van der Waals surface area contributed by atoms with Crippen LogP contribution >= 0.6 is 24.2 Å². The number of urea groups is 1. The normalized spacial score (nSPS) is 11.3. The number of benzene rings is 2. The number of carbonyl (C=O) groups is 2. The molecule has 0 unspecified atom stereocenters. The lowest BCUT2D eigenvalue weighted by Crippen LogP contribution is -2.36.